The van der Waals surface area contributed by atoms with Gasteiger partial charge >= 0.3 is 0 Å². The Labute approximate surface area is 335 Å². The van der Waals surface area contributed by atoms with Gasteiger partial charge < -0.3 is 38.7 Å². The number of carbonyl (C=O) groups is 2. The number of aryl methyl sites for hydroxylation is 2. The molecule has 0 saturated heterocycles. The Morgan fingerprint density at radius 3 is 1.76 bits per heavy atom. The number of rotatable bonds is 2. The number of carbonyl (C=O) groups excluding carboxylic acids is 2. The molecule has 0 unspecified atom stereocenters. The van der Waals surface area contributed by atoms with Crippen LogP contribution in [0.15, 0.2) is 97.6 Å². The fraction of sp³-hybridized carbons (Fsp3) is 0.286. The van der Waals surface area contributed by atoms with E-state index in [1.165, 1.54) is 0 Å². The molecular formula is C42H44N10O6. The van der Waals surface area contributed by atoms with Crippen LogP contribution in [-0.4, -0.2) is 78.7 Å². The Bertz CT molecular complexity index is 2370. The van der Waals surface area contributed by atoms with E-state index < -0.39 is 0 Å². The van der Waals surface area contributed by atoms with Crippen molar-refractivity contribution in [1.82, 2.24) is 39.5 Å². The summed E-state index contributed by atoms with van der Waals surface area (Å²) in [5.74, 6) is 3.75. The molecule has 0 atom stereocenters. The molecule has 2 amide bonds. The van der Waals surface area contributed by atoms with Gasteiger partial charge in [-0.25, -0.2) is 9.97 Å². The number of aromatic nitrogens is 8. The van der Waals surface area contributed by atoms with Gasteiger partial charge in [-0.05, 0) is 86.3 Å². The largest absolute Gasteiger partial charge is 0.497 e. The predicted molar refractivity (Wildman–Crippen MR) is 216 cm³/mol. The van der Waals surface area contributed by atoms with Crippen LogP contribution < -0.4 is 29.6 Å². The number of ether oxygens (including phenoxy) is 4. The van der Waals surface area contributed by atoms with Crippen LogP contribution in [0.2, 0.25) is 0 Å². The third kappa shape index (κ3) is 9.82. The van der Waals surface area contributed by atoms with Gasteiger partial charge in [0, 0.05) is 13.1 Å². The zero-order chi connectivity index (χ0) is 40.1. The summed E-state index contributed by atoms with van der Waals surface area (Å²) < 4.78 is 26.2. The van der Waals surface area contributed by atoms with E-state index >= 15 is 0 Å². The molecule has 2 N–H and O–H groups in total. The molecule has 2 aliphatic heterocycles. The monoisotopic (exact) mass is 784 g/mol. The van der Waals surface area contributed by atoms with E-state index in [1.807, 2.05) is 39.5 Å². The van der Waals surface area contributed by atoms with Crippen LogP contribution in [0.3, 0.4) is 0 Å². The Hall–Kier alpha value is -7.10. The SMILES string of the molecule is COc1ccc2c(c1)C(=O)Nc1cccc(n1)-c1nncn1CCC/C=C/CO2.COc1ccc2c(c1)C(=O)Nc1cccc(n1)-c1nncn1CCCCCCO2. The number of nitrogens with zero attached hydrogens (tertiary/aromatic N) is 8. The van der Waals surface area contributed by atoms with Gasteiger partial charge in [0.1, 0.15) is 65.3 Å². The van der Waals surface area contributed by atoms with Gasteiger partial charge in [0.05, 0.1) is 32.0 Å². The number of anilines is 2. The highest BCUT2D eigenvalue weighted by Gasteiger charge is 2.19. The average molecular weight is 785 g/mol. The van der Waals surface area contributed by atoms with Crippen molar-refractivity contribution in [2.45, 2.75) is 51.6 Å². The first-order valence-electron chi connectivity index (χ1n) is 19.1. The number of nitrogens with one attached hydrogen (secondary N) is 2. The number of fused-ring (bicyclic) bond motifs is 10. The van der Waals surface area contributed by atoms with Crippen molar-refractivity contribution in [3.05, 3.63) is 109 Å². The van der Waals surface area contributed by atoms with Gasteiger partial charge in [0.2, 0.25) is 0 Å². The Morgan fingerprint density at radius 1 is 0.621 bits per heavy atom. The minimum atomic E-state index is -0.332. The van der Waals surface area contributed by atoms with Gasteiger partial charge in [-0.3, -0.25) is 9.59 Å². The first-order chi connectivity index (χ1) is 28.5. The molecule has 16 nitrogen and oxygen atoms in total. The summed E-state index contributed by atoms with van der Waals surface area (Å²) in [5.41, 5.74) is 2.09. The molecule has 2 aromatic carbocycles. The van der Waals surface area contributed by atoms with Crippen LogP contribution in [0.25, 0.3) is 23.0 Å². The molecular weight excluding hydrogens is 741 g/mol. The van der Waals surface area contributed by atoms with Gasteiger partial charge in [-0.1, -0.05) is 37.1 Å². The number of pyridine rings is 2. The van der Waals surface area contributed by atoms with E-state index in [4.69, 9.17) is 18.9 Å². The van der Waals surface area contributed by atoms with Crippen molar-refractivity contribution in [3.63, 3.8) is 0 Å². The predicted octanol–water partition coefficient (Wildman–Crippen LogP) is 6.88. The minimum absolute atomic E-state index is 0.308. The molecule has 298 valence electrons. The number of hydrogen-bond donors (Lipinski definition) is 2. The first-order valence-corrected chi connectivity index (χ1v) is 19.1. The van der Waals surface area contributed by atoms with Gasteiger partial charge in [0.25, 0.3) is 11.8 Å². The van der Waals surface area contributed by atoms with E-state index in [0.29, 0.717) is 82.0 Å². The first kappa shape index (κ1) is 39.1. The highest BCUT2D eigenvalue weighted by molar-refractivity contribution is 6.06. The molecule has 4 bridgehead atoms. The van der Waals surface area contributed by atoms with Crippen LogP contribution in [0.1, 0.15) is 59.2 Å². The topological polar surface area (TPSA) is 182 Å². The number of amides is 2. The van der Waals surface area contributed by atoms with E-state index in [0.717, 1.165) is 51.6 Å². The van der Waals surface area contributed by atoms with E-state index in [9.17, 15) is 9.59 Å². The standard InChI is InChI=1S/C21H23N5O3.C21H21N5O3/c2*1-28-15-9-10-18-16(13-15)21(27)24-19-8-6-7-17(23-19)20-25-22-14-26(20)11-4-2-3-5-12-29-18/h6-10,13-14H,2-5,11-12H2,1H3,(H,23,24,27);3,5-10,13-14H,2,4,11-12H2,1H3,(H,23,24,27)/b;5-3+. The van der Waals surface area contributed by atoms with Crippen molar-refractivity contribution in [2.24, 2.45) is 0 Å². The molecule has 0 radical (unpaired) electrons. The summed E-state index contributed by atoms with van der Waals surface area (Å²) >= 11 is 0. The zero-order valence-corrected chi connectivity index (χ0v) is 32.3. The smallest absolute Gasteiger partial charge is 0.260 e. The fourth-order valence-electron chi connectivity index (χ4n) is 6.36. The lowest BCUT2D eigenvalue weighted by atomic mass is 10.1. The Balaban J connectivity index is 0.000000177. The molecule has 4 aromatic heterocycles. The van der Waals surface area contributed by atoms with E-state index in [2.05, 4.69) is 47.1 Å². The maximum atomic E-state index is 12.9. The van der Waals surface area contributed by atoms with Gasteiger partial charge in [0.15, 0.2) is 11.6 Å². The molecule has 8 rings (SSSR count). The van der Waals surface area contributed by atoms with Crippen molar-refractivity contribution in [3.8, 4) is 46.0 Å². The second kappa shape index (κ2) is 19.2. The Morgan fingerprint density at radius 2 is 1.17 bits per heavy atom. The third-order valence-corrected chi connectivity index (χ3v) is 9.36. The van der Waals surface area contributed by atoms with Crippen LogP contribution in [0.4, 0.5) is 11.6 Å². The number of methoxy groups -OCH3 is 2. The molecule has 6 heterocycles. The summed E-state index contributed by atoms with van der Waals surface area (Å²) in [5, 5.41) is 22.1. The molecule has 0 saturated carbocycles. The molecule has 0 fully saturated rings. The van der Waals surface area contributed by atoms with Crippen LogP contribution in [0, 0.1) is 0 Å². The maximum absolute atomic E-state index is 12.9. The van der Waals surface area contributed by atoms with Crippen LogP contribution in [-0.2, 0) is 13.1 Å². The van der Waals surface area contributed by atoms with Crippen LogP contribution >= 0.6 is 0 Å². The summed E-state index contributed by atoms with van der Waals surface area (Å²) in [7, 11) is 3.12. The highest BCUT2D eigenvalue weighted by atomic mass is 16.5. The highest BCUT2D eigenvalue weighted by Crippen LogP contribution is 2.28. The molecule has 16 heteroatoms. The quantitative estimate of drug-likeness (QED) is 0.174. The molecule has 0 aliphatic carbocycles. The van der Waals surface area contributed by atoms with Crippen molar-refractivity contribution in [2.75, 3.05) is 38.1 Å². The second-order valence-corrected chi connectivity index (χ2v) is 13.3. The number of allylic oxidation sites excluding steroid dienone is 1. The van der Waals surface area contributed by atoms with Crippen LogP contribution in [0.5, 0.6) is 23.0 Å². The van der Waals surface area contributed by atoms with Crippen molar-refractivity contribution >= 4 is 23.5 Å². The second-order valence-electron chi connectivity index (χ2n) is 13.3. The normalized spacial score (nSPS) is 15.1. The number of hydrogen-bond acceptors (Lipinski definition) is 12. The van der Waals surface area contributed by atoms with Gasteiger partial charge in [-0.15, -0.1) is 20.4 Å². The number of benzene rings is 2. The Kier molecular flexibility index (Phi) is 12.9. The van der Waals surface area contributed by atoms with Crippen molar-refractivity contribution in [1.29, 1.82) is 0 Å². The minimum Gasteiger partial charge on any atom is -0.497 e. The molecule has 58 heavy (non-hydrogen) atoms. The average Bonchev–Trinajstić information content (AvgIpc) is 3.93. The van der Waals surface area contributed by atoms with Crippen molar-refractivity contribution < 1.29 is 28.5 Å². The maximum Gasteiger partial charge on any atom is 0.260 e. The summed E-state index contributed by atoms with van der Waals surface area (Å²) in [6.07, 6.45) is 13.3. The molecule has 2 aliphatic rings. The summed E-state index contributed by atoms with van der Waals surface area (Å²) in [4.78, 5) is 35.0. The van der Waals surface area contributed by atoms with E-state index in [-0.39, 0.29) is 11.8 Å². The van der Waals surface area contributed by atoms with E-state index in [1.54, 1.807) is 75.4 Å². The summed E-state index contributed by atoms with van der Waals surface area (Å²) in [6, 6.07) is 21.2. The lowest BCUT2D eigenvalue weighted by Gasteiger charge is -2.14. The third-order valence-electron chi connectivity index (χ3n) is 9.36. The fourth-order valence-corrected chi connectivity index (χ4v) is 6.36. The lowest BCUT2D eigenvalue weighted by molar-refractivity contribution is 0.101. The molecule has 0 spiro atoms. The lowest BCUT2D eigenvalue weighted by Crippen LogP contribution is -2.15. The zero-order valence-electron chi connectivity index (χ0n) is 32.3. The summed E-state index contributed by atoms with van der Waals surface area (Å²) in [6.45, 7) is 2.52. The molecule has 6 aromatic rings. The van der Waals surface area contributed by atoms with Gasteiger partial charge in [-0.2, -0.15) is 0 Å².